The van der Waals surface area contributed by atoms with Crippen LogP contribution in [-0.4, -0.2) is 49.2 Å². The molecule has 0 N–H and O–H groups in total. The van der Waals surface area contributed by atoms with Gasteiger partial charge in [0.1, 0.15) is 5.15 Å². The van der Waals surface area contributed by atoms with E-state index in [-0.39, 0.29) is 89.9 Å². The van der Waals surface area contributed by atoms with E-state index in [1.807, 2.05) is 24.3 Å². The summed E-state index contributed by atoms with van der Waals surface area (Å²) in [5, 5.41) is 11.1. The van der Waals surface area contributed by atoms with Crippen molar-refractivity contribution < 1.29 is 93.6 Å². The number of ether oxygens (including phenoxy) is 3. The van der Waals surface area contributed by atoms with Gasteiger partial charge in [0.15, 0.2) is 6.20 Å². The maximum atomic E-state index is 11.3. The van der Waals surface area contributed by atoms with E-state index in [1.54, 1.807) is 72.9 Å². The minimum absolute atomic E-state index is 0. The standard InChI is InChI=1S/C11H8ClNO2.C11H9NO3.C11H9NO2.3CH4.Cl3OP.3V/c1-15-11(14)8-2-4-9-7(6-8)3-5-10(12)13-9;1-15-11(13)9-4-5-10-8(7-9)3-2-6-12(10)14;1-14-11(13)9-4-5-10-8(7-9)3-2-6-12-10;;;;1-5(2,3)4;;;/h2-6H,1H3;2-7H,1H3;2-7H,1H3;3*1H4;;;;. The number of benzene rings is 3. The maximum absolute atomic E-state index is 11.3. The molecule has 0 saturated carbocycles. The van der Waals surface area contributed by atoms with Gasteiger partial charge in [-0.3, -0.25) is 9.55 Å². The van der Waals surface area contributed by atoms with Crippen molar-refractivity contribution in [2.24, 2.45) is 0 Å². The van der Waals surface area contributed by atoms with E-state index < -0.39 is 11.2 Å². The zero-order chi connectivity index (χ0) is 36.1. The van der Waals surface area contributed by atoms with E-state index in [2.05, 4.69) is 57.9 Å². The molecule has 19 heteroatoms. The zero-order valence-electron chi connectivity index (χ0n) is 27.2. The van der Waals surface area contributed by atoms with Gasteiger partial charge in [0, 0.05) is 90.2 Å². The summed E-state index contributed by atoms with van der Waals surface area (Å²) in [7, 11) is 4.05. The molecule has 293 valence electrons. The van der Waals surface area contributed by atoms with Gasteiger partial charge >= 0.3 is 23.1 Å². The SMILES string of the molecule is C.C.C.COC(=O)c1ccc2c(ccc[n+]2[O-])c1.COC(=O)c1ccc2nc(Cl)ccc2c1.COC(=O)c1ccc2ncccc2c1.O=P(Cl)(Cl)Cl.[V].[V].[V]. The molecule has 0 amide bonds. The molecule has 3 heterocycles. The van der Waals surface area contributed by atoms with Crippen LogP contribution in [0.15, 0.2) is 103 Å². The zero-order valence-corrected chi connectivity index (χ0v) is 35.3. The number of aromatic nitrogens is 3. The summed E-state index contributed by atoms with van der Waals surface area (Å²) in [5.74, 6) is -1.08. The van der Waals surface area contributed by atoms with Crippen LogP contribution in [-0.2, 0) is 74.4 Å². The van der Waals surface area contributed by atoms with Crippen molar-refractivity contribution in [3.8, 4) is 0 Å². The van der Waals surface area contributed by atoms with Crippen molar-refractivity contribution in [2.75, 3.05) is 21.3 Å². The number of pyridine rings is 3. The molecule has 0 fully saturated rings. The molecule has 0 aliphatic heterocycles. The summed E-state index contributed by atoms with van der Waals surface area (Å²) in [5.41, 5.74) is 3.67. The van der Waals surface area contributed by atoms with Crippen LogP contribution >= 0.6 is 50.5 Å². The maximum Gasteiger partial charge on any atom is 0.339 e. The third-order valence-electron chi connectivity index (χ3n) is 6.28. The fourth-order valence-corrected chi connectivity index (χ4v) is 4.26. The number of carbonyl (C=O) groups is 3. The minimum Gasteiger partial charge on any atom is -0.618 e. The van der Waals surface area contributed by atoms with Gasteiger partial charge < -0.3 is 19.4 Å². The van der Waals surface area contributed by atoms with Gasteiger partial charge in [-0.25, -0.2) is 19.4 Å². The Morgan fingerprint density at radius 2 is 1.05 bits per heavy atom. The van der Waals surface area contributed by atoms with Crippen LogP contribution in [0.2, 0.25) is 5.15 Å². The van der Waals surface area contributed by atoms with Gasteiger partial charge in [-0.15, -0.1) is 0 Å². The number of nitrogens with zero attached hydrogens (tertiary/aromatic N) is 3. The Morgan fingerprint density at radius 3 is 1.55 bits per heavy atom. The number of methoxy groups -OCH3 is 3. The molecule has 55 heavy (non-hydrogen) atoms. The fourth-order valence-electron chi connectivity index (χ4n) is 4.10. The molecule has 6 aromatic rings. The van der Waals surface area contributed by atoms with Gasteiger partial charge in [-0.05, 0) is 107 Å². The van der Waals surface area contributed by atoms with E-state index in [4.69, 9.17) is 11.6 Å². The number of hydrogen-bond acceptors (Lipinski definition) is 10. The summed E-state index contributed by atoms with van der Waals surface area (Å²) >= 11 is 19.6. The molecular weight excluding hydrogens is 928 g/mol. The first-order valence-electron chi connectivity index (χ1n) is 13.7. The Balaban J connectivity index is -0.000000318. The van der Waals surface area contributed by atoms with E-state index in [0.29, 0.717) is 27.4 Å². The van der Waals surface area contributed by atoms with Crippen molar-refractivity contribution in [3.63, 3.8) is 0 Å². The second-order valence-electron chi connectivity index (χ2n) is 9.43. The van der Waals surface area contributed by atoms with Crippen molar-refractivity contribution in [3.05, 3.63) is 130 Å². The quantitative estimate of drug-likeness (QED) is 0.0419. The summed E-state index contributed by atoms with van der Waals surface area (Å²) in [6.07, 6.45) is 3.14. The van der Waals surface area contributed by atoms with E-state index in [1.165, 1.54) is 27.5 Å². The molecule has 11 nitrogen and oxygen atoms in total. The summed E-state index contributed by atoms with van der Waals surface area (Å²) in [6, 6.07) is 25.9. The van der Waals surface area contributed by atoms with Crippen LogP contribution in [0.3, 0.4) is 0 Å². The Labute approximate surface area is 375 Å². The van der Waals surface area contributed by atoms with E-state index in [0.717, 1.165) is 31.9 Å². The predicted molar refractivity (Wildman–Crippen MR) is 211 cm³/mol. The normalized spacial score (nSPS) is 9.22. The van der Waals surface area contributed by atoms with Crippen LogP contribution in [0.25, 0.3) is 32.7 Å². The predicted octanol–water partition coefficient (Wildman–Crippen LogP) is 10.7. The number of hydrogen-bond donors (Lipinski definition) is 0. The Hall–Kier alpha value is -2.76. The molecule has 0 saturated heterocycles. The van der Waals surface area contributed by atoms with Gasteiger partial charge in [0.25, 0.3) is 0 Å². The van der Waals surface area contributed by atoms with Gasteiger partial charge in [-0.1, -0.05) is 39.9 Å². The van der Waals surface area contributed by atoms with Crippen LogP contribution in [0.4, 0.5) is 0 Å². The van der Waals surface area contributed by atoms with E-state index in [9.17, 15) is 24.2 Å². The van der Waals surface area contributed by atoms with Crippen molar-refractivity contribution >= 4 is 101 Å². The average molecular weight is 966 g/mol. The van der Waals surface area contributed by atoms with Crippen LogP contribution in [0, 0.1) is 5.21 Å². The molecule has 3 aromatic carbocycles. The van der Waals surface area contributed by atoms with Gasteiger partial charge in [0.05, 0.1) is 49.1 Å². The van der Waals surface area contributed by atoms with Crippen molar-refractivity contribution in [2.45, 2.75) is 22.3 Å². The first kappa shape index (κ1) is 58.9. The largest absolute Gasteiger partial charge is 0.618 e. The smallest absolute Gasteiger partial charge is 0.339 e. The molecule has 3 aromatic heterocycles. The van der Waals surface area contributed by atoms with Crippen molar-refractivity contribution in [1.82, 2.24) is 9.97 Å². The third-order valence-corrected chi connectivity index (χ3v) is 6.49. The number of carbonyl (C=O) groups excluding carboxylic acids is 3. The minimum atomic E-state index is -3.22. The van der Waals surface area contributed by atoms with Crippen molar-refractivity contribution in [1.29, 1.82) is 0 Å². The molecule has 0 atom stereocenters. The topological polar surface area (TPSA) is 149 Å². The van der Waals surface area contributed by atoms with Gasteiger partial charge in [-0.2, -0.15) is 4.73 Å². The van der Waals surface area contributed by atoms with Crippen LogP contribution in [0.5, 0.6) is 0 Å². The summed E-state index contributed by atoms with van der Waals surface area (Å²) in [4.78, 5) is 42.0. The Kier molecular flexibility index (Phi) is 30.7. The Bertz CT molecular complexity index is 2170. The average Bonchev–Trinajstić information content (AvgIpc) is 3.10. The molecule has 0 aliphatic rings. The number of fused-ring (bicyclic) bond motifs is 3. The molecule has 3 radical (unpaired) electrons. The number of halogens is 4. The molecule has 0 unspecified atom stereocenters. The van der Waals surface area contributed by atoms with Crippen LogP contribution in [0.1, 0.15) is 53.4 Å². The molecule has 0 bridgehead atoms. The van der Waals surface area contributed by atoms with E-state index >= 15 is 0 Å². The molecule has 0 aliphatic carbocycles. The third kappa shape index (κ3) is 19.3. The second kappa shape index (κ2) is 28.6. The summed E-state index contributed by atoms with van der Waals surface area (Å²) in [6.45, 7) is 0. The first-order valence-corrected chi connectivity index (χ1v) is 18.5. The molecular formula is C36H38Cl4N3O8PV3. The number of rotatable bonds is 3. The molecule has 6 rings (SSSR count). The van der Waals surface area contributed by atoms with Crippen LogP contribution < -0.4 is 4.73 Å². The summed E-state index contributed by atoms with van der Waals surface area (Å²) < 4.78 is 24.1. The Morgan fingerprint density at radius 1 is 0.636 bits per heavy atom. The monoisotopic (exact) mass is 964 g/mol. The second-order valence-corrected chi connectivity index (χ2v) is 16.5. The molecule has 0 spiro atoms. The first-order chi connectivity index (χ1) is 23.2. The fraction of sp³-hybridized carbons (Fsp3) is 0.167. The van der Waals surface area contributed by atoms with Gasteiger partial charge in [0.2, 0.25) is 5.52 Å². The number of esters is 3.